The molecule has 0 bridgehead atoms. The Bertz CT molecular complexity index is 323. The molecular formula is C12H16O2S. The summed E-state index contributed by atoms with van der Waals surface area (Å²) in [5.74, 6) is 1.61. The van der Waals surface area contributed by atoms with Crippen LogP contribution in [0.25, 0.3) is 0 Å². The van der Waals surface area contributed by atoms with Gasteiger partial charge >= 0.3 is 0 Å². The van der Waals surface area contributed by atoms with Crippen LogP contribution in [-0.4, -0.2) is 23.2 Å². The van der Waals surface area contributed by atoms with Crippen LogP contribution in [0.15, 0.2) is 24.3 Å². The third-order valence-corrected chi connectivity index (χ3v) is 3.04. The standard InChI is InChI=1S/C12H16O2S/c1-15-8-12(13)9-3-2-4-11(7-9)14-10-5-6-10/h2-4,7,10,12-13H,5-6,8H2,1H3. The van der Waals surface area contributed by atoms with Crippen molar-refractivity contribution in [1.29, 1.82) is 0 Å². The molecule has 0 saturated heterocycles. The average Bonchev–Trinajstić information content (AvgIpc) is 3.03. The lowest BCUT2D eigenvalue weighted by Gasteiger charge is -2.11. The molecule has 0 spiro atoms. The monoisotopic (exact) mass is 224 g/mol. The maximum Gasteiger partial charge on any atom is 0.120 e. The van der Waals surface area contributed by atoms with Crippen molar-refractivity contribution >= 4 is 11.8 Å². The van der Waals surface area contributed by atoms with Gasteiger partial charge in [0, 0.05) is 5.75 Å². The van der Waals surface area contributed by atoms with Crippen LogP contribution in [0.5, 0.6) is 5.75 Å². The molecule has 1 aliphatic carbocycles. The Kier molecular flexibility index (Phi) is 3.54. The summed E-state index contributed by atoms with van der Waals surface area (Å²) in [6.07, 6.45) is 4.35. The molecule has 15 heavy (non-hydrogen) atoms. The van der Waals surface area contributed by atoms with Crippen molar-refractivity contribution in [1.82, 2.24) is 0 Å². The van der Waals surface area contributed by atoms with E-state index in [0.29, 0.717) is 6.10 Å². The SMILES string of the molecule is CSCC(O)c1cccc(OC2CC2)c1. The lowest BCUT2D eigenvalue weighted by Crippen LogP contribution is -2.02. The van der Waals surface area contributed by atoms with Crippen molar-refractivity contribution in [2.24, 2.45) is 0 Å². The van der Waals surface area contributed by atoms with Crippen LogP contribution in [0.4, 0.5) is 0 Å². The Morgan fingerprint density at radius 1 is 1.53 bits per heavy atom. The zero-order valence-corrected chi connectivity index (χ0v) is 9.67. The number of aliphatic hydroxyl groups excluding tert-OH is 1. The number of ether oxygens (including phenoxy) is 1. The first kappa shape index (κ1) is 10.8. The van der Waals surface area contributed by atoms with Gasteiger partial charge in [0.1, 0.15) is 5.75 Å². The average molecular weight is 224 g/mol. The summed E-state index contributed by atoms with van der Waals surface area (Å²) in [6, 6.07) is 7.78. The Morgan fingerprint density at radius 2 is 2.33 bits per heavy atom. The van der Waals surface area contributed by atoms with Crippen molar-refractivity contribution in [3.05, 3.63) is 29.8 Å². The predicted octanol–water partition coefficient (Wildman–Crippen LogP) is 2.62. The Morgan fingerprint density at radius 3 is 3.00 bits per heavy atom. The molecule has 1 aromatic carbocycles. The largest absolute Gasteiger partial charge is 0.490 e. The molecule has 3 heteroatoms. The minimum Gasteiger partial charge on any atom is -0.490 e. The fourth-order valence-electron chi connectivity index (χ4n) is 1.43. The molecule has 0 radical (unpaired) electrons. The second-order valence-electron chi connectivity index (χ2n) is 3.86. The highest BCUT2D eigenvalue weighted by Gasteiger charge is 2.23. The lowest BCUT2D eigenvalue weighted by molar-refractivity contribution is 0.203. The zero-order valence-electron chi connectivity index (χ0n) is 8.85. The van der Waals surface area contributed by atoms with Gasteiger partial charge in [0.2, 0.25) is 0 Å². The van der Waals surface area contributed by atoms with Gasteiger partial charge in [0.05, 0.1) is 12.2 Å². The molecule has 1 saturated carbocycles. The molecule has 2 nitrogen and oxygen atoms in total. The van der Waals surface area contributed by atoms with Crippen LogP contribution in [0, 0.1) is 0 Å². The zero-order chi connectivity index (χ0) is 10.7. The van der Waals surface area contributed by atoms with E-state index in [4.69, 9.17) is 4.74 Å². The van der Waals surface area contributed by atoms with E-state index in [9.17, 15) is 5.11 Å². The maximum atomic E-state index is 9.82. The van der Waals surface area contributed by atoms with Gasteiger partial charge in [-0.1, -0.05) is 12.1 Å². The first-order valence-corrected chi connectivity index (χ1v) is 6.62. The van der Waals surface area contributed by atoms with E-state index in [0.717, 1.165) is 29.9 Å². The molecule has 1 unspecified atom stereocenters. The topological polar surface area (TPSA) is 29.5 Å². The van der Waals surface area contributed by atoms with Gasteiger partial charge < -0.3 is 9.84 Å². The Hall–Kier alpha value is -0.670. The summed E-state index contributed by atoms with van der Waals surface area (Å²) in [5.41, 5.74) is 0.947. The number of hydrogen-bond acceptors (Lipinski definition) is 3. The van der Waals surface area contributed by atoms with Crippen LogP contribution in [0.2, 0.25) is 0 Å². The molecule has 0 aromatic heterocycles. The molecule has 1 atom stereocenters. The highest BCUT2D eigenvalue weighted by Crippen LogP contribution is 2.28. The second-order valence-corrected chi connectivity index (χ2v) is 4.77. The number of aliphatic hydroxyl groups is 1. The first-order valence-electron chi connectivity index (χ1n) is 5.23. The molecule has 0 amide bonds. The molecule has 1 N–H and O–H groups in total. The van der Waals surface area contributed by atoms with Crippen LogP contribution in [0.3, 0.4) is 0 Å². The smallest absolute Gasteiger partial charge is 0.120 e. The molecular weight excluding hydrogens is 208 g/mol. The number of benzene rings is 1. The van der Waals surface area contributed by atoms with E-state index in [1.165, 1.54) is 0 Å². The van der Waals surface area contributed by atoms with Crippen LogP contribution < -0.4 is 4.74 Å². The van der Waals surface area contributed by atoms with Crippen molar-refractivity contribution < 1.29 is 9.84 Å². The van der Waals surface area contributed by atoms with E-state index in [-0.39, 0.29) is 6.10 Å². The van der Waals surface area contributed by atoms with Crippen molar-refractivity contribution in [2.75, 3.05) is 12.0 Å². The molecule has 1 aliphatic rings. The van der Waals surface area contributed by atoms with Crippen molar-refractivity contribution in [3.63, 3.8) is 0 Å². The summed E-state index contributed by atoms with van der Waals surface area (Å²) >= 11 is 1.65. The molecule has 1 fully saturated rings. The minimum atomic E-state index is -0.386. The number of rotatable bonds is 5. The van der Waals surface area contributed by atoms with E-state index in [1.54, 1.807) is 11.8 Å². The molecule has 1 aromatic rings. The number of thioether (sulfide) groups is 1. The van der Waals surface area contributed by atoms with Gasteiger partial charge in [0.15, 0.2) is 0 Å². The van der Waals surface area contributed by atoms with Gasteiger partial charge in [-0.2, -0.15) is 11.8 Å². The lowest BCUT2D eigenvalue weighted by atomic mass is 10.1. The van der Waals surface area contributed by atoms with Crippen molar-refractivity contribution in [3.8, 4) is 5.75 Å². The highest BCUT2D eigenvalue weighted by atomic mass is 32.2. The van der Waals surface area contributed by atoms with E-state index < -0.39 is 0 Å². The van der Waals surface area contributed by atoms with Gasteiger partial charge in [-0.05, 0) is 36.8 Å². The molecule has 82 valence electrons. The number of hydrogen-bond donors (Lipinski definition) is 1. The highest BCUT2D eigenvalue weighted by molar-refractivity contribution is 7.98. The van der Waals surface area contributed by atoms with Gasteiger partial charge in [0.25, 0.3) is 0 Å². The minimum absolute atomic E-state index is 0.386. The summed E-state index contributed by atoms with van der Waals surface area (Å²) in [4.78, 5) is 0. The van der Waals surface area contributed by atoms with E-state index in [1.807, 2.05) is 30.5 Å². The maximum absolute atomic E-state index is 9.82. The normalized spacial score (nSPS) is 17.5. The fourth-order valence-corrected chi connectivity index (χ4v) is 1.94. The van der Waals surface area contributed by atoms with E-state index >= 15 is 0 Å². The second kappa shape index (κ2) is 4.90. The first-order chi connectivity index (χ1) is 7.29. The molecule has 0 aliphatic heterocycles. The van der Waals surface area contributed by atoms with Crippen LogP contribution >= 0.6 is 11.8 Å². The van der Waals surface area contributed by atoms with Gasteiger partial charge in [-0.3, -0.25) is 0 Å². The fraction of sp³-hybridized carbons (Fsp3) is 0.500. The summed E-state index contributed by atoms with van der Waals surface area (Å²) in [6.45, 7) is 0. The summed E-state index contributed by atoms with van der Waals surface area (Å²) in [5, 5.41) is 9.82. The van der Waals surface area contributed by atoms with Gasteiger partial charge in [-0.25, -0.2) is 0 Å². The quantitative estimate of drug-likeness (QED) is 0.833. The molecule has 0 heterocycles. The third kappa shape index (κ3) is 3.14. The Labute approximate surface area is 94.6 Å². The van der Waals surface area contributed by atoms with Gasteiger partial charge in [-0.15, -0.1) is 0 Å². The predicted molar refractivity (Wildman–Crippen MR) is 63.4 cm³/mol. The summed E-state index contributed by atoms with van der Waals surface area (Å²) < 4.78 is 5.68. The Balaban J connectivity index is 2.03. The third-order valence-electron chi connectivity index (χ3n) is 2.39. The molecule has 2 rings (SSSR count). The van der Waals surface area contributed by atoms with Crippen molar-refractivity contribution in [2.45, 2.75) is 25.0 Å². The van der Waals surface area contributed by atoms with Crippen LogP contribution in [-0.2, 0) is 0 Å². The van der Waals surface area contributed by atoms with E-state index in [2.05, 4.69) is 0 Å². The van der Waals surface area contributed by atoms with Crippen LogP contribution in [0.1, 0.15) is 24.5 Å². The summed E-state index contributed by atoms with van der Waals surface area (Å²) in [7, 11) is 0.